The quantitative estimate of drug-likeness (QED) is 0.667. The van der Waals surface area contributed by atoms with Gasteiger partial charge >= 0.3 is 0 Å². The van der Waals surface area contributed by atoms with Crippen LogP contribution in [0.2, 0.25) is 0 Å². The van der Waals surface area contributed by atoms with Crippen molar-refractivity contribution in [2.75, 3.05) is 33.2 Å². The van der Waals surface area contributed by atoms with Gasteiger partial charge in [-0.05, 0) is 38.8 Å². The molecular weight excluding hydrogens is 370 g/mol. The summed E-state index contributed by atoms with van der Waals surface area (Å²) in [6.45, 7) is 5.50. The molecule has 1 aromatic heterocycles. The van der Waals surface area contributed by atoms with Crippen molar-refractivity contribution >= 4 is 11.8 Å². The molecule has 2 heterocycles. The van der Waals surface area contributed by atoms with E-state index in [0.717, 1.165) is 64.7 Å². The predicted octanol–water partition coefficient (Wildman–Crippen LogP) is 2.24. The summed E-state index contributed by atoms with van der Waals surface area (Å²) in [4.78, 5) is 33.0. The van der Waals surface area contributed by atoms with Crippen molar-refractivity contribution in [1.82, 2.24) is 25.3 Å². The highest BCUT2D eigenvalue weighted by Gasteiger charge is 2.38. The van der Waals surface area contributed by atoms with Crippen molar-refractivity contribution in [1.29, 1.82) is 0 Å². The Kier molecular flexibility index (Phi) is 7.64. The molecule has 1 saturated heterocycles. The zero-order valence-electron chi connectivity index (χ0n) is 17.9. The van der Waals surface area contributed by atoms with Gasteiger partial charge in [-0.2, -0.15) is 4.98 Å². The summed E-state index contributed by atoms with van der Waals surface area (Å²) in [7, 11) is 1.86. The van der Waals surface area contributed by atoms with Crippen molar-refractivity contribution < 1.29 is 14.1 Å². The molecule has 8 nitrogen and oxygen atoms in total. The predicted molar refractivity (Wildman–Crippen MR) is 109 cm³/mol. The first-order chi connectivity index (χ1) is 14.0. The van der Waals surface area contributed by atoms with E-state index in [9.17, 15) is 9.59 Å². The van der Waals surface area contributed by atoms with Crippen LogP contribution in [0.5, 0.6) is 0 Å². The Bertz CT molecular complexity index is 676. The Morgan fingerprint density at radius 2 is 1.83 bits per heavy atom. The second-order valence-corrected chi connectivity index (χ2v) is 8.55. The Morgan fingerprint density at radius 3 is 2.48 bits per heavy atom. The summed E-state index contributed by atoms with van der Waals surface area (Å²) in [6, 6.07) is 0. The lowest BCUT2D eigenvalue weighted by atomic mass is 9.89. The summed E-state index contributed by atoms with van der Waals surface area (Å²) in [5.41, 5.74) is -0.541. The van der Waals surface area contributed by atoms with Crippen LogP contribution < -0.4 is 5.32 Å². The highest BCUT2D eigenvalue weighted by atomic mass is 16.5. The van der Waals surface area contributed by atoms with Gasteiger partial charge < -0.3 is 19.6 Å². The first-order valence-electron chi connectivity index (χ1n) is 11.1. The Balaban J connectivity index is 1.54. The van der Waals surface area contributed by atoms with E-state index >= 15 is 0 Å². The molecule has 0 radical (unpaired) electrons. The minimum atomic E-state index is -0.541. The van der Waals surface area contributed by atoms with Crippen LogP contribution in [0.25, 0.3) is 0 Å². The number of aryl methyl sites for hydroxylation is 1. The lowest BCUT2D eigenvalue weighted by Gasteiger charge is -2.30. The average molecular weight is 406 g/mol. The molecule has 1 aliphatic carbocycles. The second kappa shape index (κ2) is 10.2. The molecule has 1 N–H and O–H groups in total. The average Bonchev–Trinajstić information content (AvgIpc) is 3.33. The van der Waals surface area contributed by atoms with Gasteiger partial charge in [-0.3, -0.25) is 9.59 Å². The van der Waals surface area contributed by atoms with E-state index in [4.69, 9.17) is 4.52 Å². The minimum absolute atomic E-state index is 0.0759. The van der Waals surface area contributed by atoms with Crippen molar-refractivity contribution in [3.05, 3.63) is 11.7 Å². The lowest BCUT2D eigenvalue weighted by Crippen LogP contribution is -2.45. The number of nitrogens with one attached hydrogen (secondary N) is 1. The molecule has 1 saturated carbocycles. The van der Waals surface area contributed by atoms with Gasteiger partial charge in [0.15, 0.2) is 5.82 Å². The van der Waals surface area contributed by atoms with E-state index in [1.54, 1.807) is 4.90 Å². The molecule has 2 fully saturated rings. The molecule has 0 aromatic carbocycles. The van der Waals surface area contributed by atoms with E-state index in [1.165, 1.54) is 19.8 Å². The summed E-state index contributed by atoms with van der Waals surface area (Å²) in [6.07, 6.45) is 9.33. The van der Waals surface area contributed by atoms with Crippen molar-refractivity contribution in [3.8, 4) is 0 Å². The molecule has 1 aliphatic heterocycles. The molecule has 0 bridgehead atoms. The maximum Gasteiger partial charge on any atom is 0.227 e. The van der Waals surface area contributed by atoms with Gasteiger partial charge in [-0.15, -0.1) is 0 Å². The Morgan fingerprint density at radius 1 is 1.14 bits per heavy atom. The molecule has 1 aromatic rings. The van der Waals surface area contributed by atoms with Gasteiger partial charge in [0.25, 0.3) is 0 Å². The summed E-state index contributed by atoms with van der Waals surface area (Å²) in [5.74, 6) is 1.04. The van der Waals surface area contributed by atoms with E-state index in [-0.39, 0.29) is 11.8 Å². The number of aromatic nitrogens is 2. The molecule has 0 unspecified atom stereocenters. The topological polar surface area (TPSA) is 91.6 Å². The number of carbonyl (C=O) groups is 2. The zero-order valence-corrected chi connectivity index (χ0v) is 17.9. The van der Waals surface area contributed by atoms with Gasteiger partial charge in [-0.1, -0.05) is 30.8 Å². The van der Waals surface area contributed by atoms with Crippen molar-refractivity contribution in [2.24, 2.45) is 0 Å². The van der Waals surface area contributed by atoms with Crippen LogP contribution in [0.1, 0.15) is 76.4 Å². The van der Waals surface area contributed by atoms with Gasteiger partial charge in [0.1, 0.15) is 5.54 Å². The smallest absolute Gasteiger partial charge is 0.227 e. The fraction of sp³-hybridized carbons (Fsp3) is 0.810. The van der Waals surface area contributed by atoms with E-state index in [1.807, 2.05) is 7.05 Å². The molecule has 2 aliphatic rings. The molecule has 162 valence electrons. The van der Waals surface area contributed by atoms with Crippen LogP contribution in [-0.2, 0) is 21.5 Å². The van der Waals surface area contributed by atoms with Gasteiger partial charge in [0.05, 0.1) is 0 Å². The van der Waals surface area contributed by atoms with Crippen LogP contribution in [-0.4, -0.2) is 65.0 Å². The largest absolute Gasteiger partial charge is 0.344 e. The standard InChI is InChI=1S/C21H35N5O3/c1-17(27)23-21(11-5-3-4-6-12-21)20-22-18(29-24-20)9-10-19(28)25(2)15-16-26-13-7-8-14-26/h3-16H2,1-2H3,(H,23,27). The number of hydrogen-bond donors (Lipinski definition) is 1. The van der Waals surface area contributed by atoms with Crippen molar-refractivity contribution in [3.63, 3.8) is 0 Å². The second-order valence-electron chi connectivity index (χ2n) is 8.55. The van der Waals surface area contributed by atoms with Crippen LogP contribution in [0.3, 0.4) is 0 Å². The molecule has 3 rings (SSSR count). The Hall–Kier alpha value is -1.96. The number of rotatable bonds is 8. The number of likely N-dealkylation sites (N-methyl/N-ethyl adjacent to an activating group) is 1. The molecule has 29 heavy (non-hydrogen) atoms. The lowest BCUT2D eigenvalue weighted by molar-refractivity contribution is -0.130. The normalized spacial score (nSPS) is 19.7. The number of hydrogen-bond acceptors (Lipinski definition) is 6. The first kappa shape index (κ1) is 21.7. The number of nitrogens with zero attached hydrogens (tertiary/aromatic N) is 4. The summed E-state index contributed by atoms with van der Waals surface area (Å²) in [5, 5.41) is 7.27. The Labute approximate surface area is 173 Å². The highest BCUT2D eigenvalue weighted by Crippen LogP contribution is 2.34. The highest BCUT2D eigenvalue weighted by molar-refractivity contribution is 5.76. The van der Waals surface area contributed by atoms with E-state index < -0.39 is 5.54 Å². The molecule has 2 amide bonds. The third kappa shape index (κ3) is 6.01. The maximum absolute atomic E-state index is 12.4. The third-order valence-corrected chi connectivity index (χ3v) is 6.20. The third-order valence-electron chi connectivity index (χ3n) is 6.20. The number of carbonyl (C=O) groups excluding carboxylic acids is 2. The number of amides is 2. The SMILES string of the molecule is CC(=O)NC1(c2noc(CCC(=O)N(C)CCN3CCCC3)n2)CCCCCC1. The molecule has 8 heteroatoms. The monoisotopic (exact) mass is 405 g/mol. The van der Waals surface area contributed by atoms with E-state index in [2.05, 4.69) is 20.4 Å². The van der Waals surface area contributed by atoms with Crippen LogP contribution in [0, 0.1) is 0 Å². The first-order valence-corrected chi connectivity index (χ1v) is 11.1. The summed E-state index contributed by atoms with van der Waals surface area (Å²) < 4.78 is 5.45. The van der Waals surface area contributed by atoms with Crippen LogP contribution >= 0.6 is 0 Å². The van der Waals surface area contributed by atoms with Crippen LogP contribution in [0.15, 0.2) is 4.52 Å². The molecule has 0 atom stereocenters. The van der Waals surface area contributed by atoms with E-state index in [0.29, 0.717) is 24.6 Å². The molecule has 0 spiro atoms. The fourth-order valence-corrected chi connectivity index (χ4v) is 4.45. The minimum Gasteiger partial charge on any atom is -0.344 e. The maximum atomic E-state index is 12.4. The zero-order chi connectivity index (χ0) is 20.7. The van der Waals surface area contributed by atoms with Crippen LogP contribution in [0.4, 0.5) is 0 Å². The van der Waals surface area contributed by atoms with Crippen molar-refractivity contribution in [2.45, 2.75) is 76.7 Å². The van der Waals surface area contributed by atoms with Gasteiger partial charge in [0.2, 0.25) is 17.7 Å². The van der Waals surface area contributed by atoms with Gasteiger partial charge in [0, 0.05) is 39.9 Å². The fourth-order valence-electron chi connectivity index (χ4n) is 4.45. The summed E-state index contributed by atoms with van der Waals surface area (Å²) >= 11 is 0. The molecular formula is C21H35N5O3. The number of likely N-dealkylation sites (tertiary alicyclic amines) is 1. The van der Waals surface area contributed by atoms with Gasteiger partial charge in [-0.25, -0.2) is 0 Å².